The quantitative estimate of drug-likeness (QED) is 0.705. The van der Waals surface area contributed by atoms with Crippen molar-refractivity contribution in [3.63, 3.8) is 0 Å². The van der Waals surface area contributed by atoms with Crippen LogP contribution in [0.15, 0.2) is 6.20 Å². The van der Waals surface area contributed by atoms with Gasteiger partial charge < -0.3 is 16.2 Å². The van der Waals surface area contributed by atoms with E-state index in [0.29, 0.717) is 12.1 Å². The molecular formula is C15H26N4O2. The molecule has 0 bridgehead atoms. The number of aryl methyl sites for hydroxylation is 1. The normalized spacial score (nSPS) is 22.8. The monoisotopic (exact) mass is 294 g/mol. The number of carbonyl (C=O) groups is 1. The number of nitrogens with two attached hydrogens (primary N) is 1. The number of rotatable bonds is 5. The number of nitrogens with zero attached hydrogens (tertiary/aromatic N) is 2. The minimum atomic E-state index is -0.441. The molecule has 1 heterocycles. The Morgan fingerprint density at radius 3 is 3.00 bits per heavy atom. The maximum Gasteiger partial charge on any atom is 0.255 e. The molecule has 0 spiro atoms. The molecule has 1 saturated carbocycles. The van der Waals surface area contributed by atoms with Crippen LogP contribution in [0, 0.1) is 6.92 Å². The van der Waals surface area contributed by atoms with Crippen LogP contribution in [-0.4, -0.2) is 39.5 Å². The molecule has 1 aliphatic carbocycles. The van der Waals surface area contributed by atoms with Gasteiger partial charge in [0.1, 0.15) is 0 Å². The molecule has 118 valence electrons. The van der Waals surface area contributed by atoms with Gasteiger partial charge in [0, 0.05) is 12.2 Å². The zero-order valence-corrected chi connectivity index (χ0v) is 12.7. The maximum absolute atomic E-state index is 12.4. The summed E-state index contributed by atoms with van der Waals surface area (Å²) in [6, 6.07) is -0.146. The maximum atomic E-state index is 12.4. The van der Waals surface area contributed by atoms with Gasteiger partial charge in [-0.1, -0.05) is 19.3 Å². The Balaban J connectivity index is 2.01. The third-order valence-electron chi connectivity index (χ3n) is 4.22. The highest BCUT2D eigenvalue weighted by molar-refractivity contribution is 5.95. The molecule has 0 saturated heterocycles. The van der Waals surface area contributed by atoms with E-state index in [4.69, 9.17) is 5.73 Å². The molecule has 1 amide bonds. The minimum absolute atomic E-state index is 0.141. The molecule has 6 nitrogen and oxygen atoms in total. The highest BCUT2D eigenvalue weighted by Crippen LogP contribution is 2.19. The summed E-state index contributed by atoms with van der Waals surface area (Å²) in [6.45, 7) is 3.22. The molecule has 1 aromatic rings. The second kappa shape index (κ2) is 7.56. The van der Waals surface area contributed by atoms with Gasteiger partial charge in [0.25, 0.3) is 5.91 Å². The minimum Gasteiger partial charge on any atom is -0.391 e. The summed E-state index contributed by atoms with van der Waals surface area (Å²) >= 11 is 0. The first-order valence-corrected chi connectivity index (χ1v) is 7.85. The largest absolute Gasteiger partial charge is 0.391 e. The molecule has 1 fully saturated rings. The molecule has 1 aliphatic rings. The van der Waals surface area contributed by atoms with E-state index in [0.717, 1.165) is 50.8 Å². The van der Waals surface area contributed by atoms with Crippen molar-refractivity contribution in [2.45, 2.75) is 64.1 Å². The second-order valence-electron chi connectivity index (χ2n) is 5.79. The zero-order chi connectivity index (χ0) is 15.2. The van der Waals surface area contributed by atoms with Crippen molar-refractivity contribution < 1.29 is 9.90 Å². The lowest BCUT2D eigenvalue weighted by atomic mass is 10.1. The van der Waals surface area contributed by atoms with Crippen molar-refractivity contribution in [1.29, 1.82) is 0 Å². The third-order valence-corrected chi connectivity index (χ3v) is 4.22. The molecule has 0 radical (unpaired) electrons. The van der Waals surface area contributed by atoms with Crippen LogP contribution < -0.4 is 11.1 Å². The van der Waals surface area contributed by atoms with E-state index in [-0.39, 0.29) is 11.9 Å². The Kier molecular flexibility index (Phi) is 5.76. The van der Waals surface area contributed by atoms with Crippen molar-refractivity contribution in [1.82, 2.24) is 15.1 Å². The smallest absolute Gasteiger partial charge is 0.255 e. The number of nitrogens with one attached hydrogen (secondary N) is 1. The summed E-state index contributed by atoms with van der Waals surface area (Å²) in [4.78, 5) is 12.4. The van der Waals surface area contributed by atoms with Crippen molar-refractivity contribution >= 4 is 5.91 Å². The highest BCUT2D eigenvalue weighted by Gasteiger charge is 2.25. The predicted octanol–water partition coefficient (Wildman–Crippen LogP) is 0.964. The predicted molar refractivity (Wildman–Crippen MR) is 81.0 cm³/mol. The van der Waals surface area contributed by atoms with Crippen LogP contribution in [0.2, 0.25) is 0 Å². The van der Waals surface area contributed by atoms with E-state index in [9.17, 15) is 9.90 Å². The van der Waals surface area contributed by atoms with E-state index in [1.165, 1.54) is 0 Å². The number of hydrogen-bond acceptors (Lipinski definition) is 4. The number of amides is 1. The first-order chi connectivity index (χ1) is 10.1. The number of aromatic nitrogens is 2. The SMILES string of the molecule is Cc1c(C(=O)NC2CCCCCC2O)cnn1CCCN. The van der Waals surface area contributed by atoms with Crippen LogP contribution >= 0.6 is 0 Å². The molecule has 0 aliphatic heterocycles. The second-order valence-corrected chi connectivity index (χ2v) is 5.79. The van der Waals surface area contributed by atoms with E-state index < -0.39 is 6.10 Å². The lowest BCUT2D eigenvalue weighted by Crippen LogP contribution is -2.42. The number of hydrogen-bond donors (Lipinski definition) is 3. The lowest BCUT2D eigenvalue weighted by Gasteiger charge is -2.21. The van der Waals surface area contributed by atoms with E-state index in [1.54, 1.807) is 6.20 Å². The van der Waals surface area contributed by atoms with E-state index >= 15 is 0 Å². The van der Waals surface area contributed by atoms with Crippen molar-refractivity contribution in [2.24, 2.45) is 5.73 Å². The topological polar surface area (TPSA) is 93.2 Å². The Morgan fingerprint density at radius 2 is 2.24 bits per heavy atom. The zero-order valence-electron chi connectivity index (χ0n) is 12.7. The average Bonchev–Trinajstić information content (AvgIpc) is 2.71. The molecule has 6 heteroatoms. The highest BCUT2D eigenvalue weighted by atomic mass is 16.3. The molecule has 21 heavy (non-hydrogen) atoms. The van der Waals surface area contributed by atoms with Crippen LogP contribution in [0.3, 0.4) is 0 Å². The van der Waals surface area contributed by atoms with Gasteiger partial charge in [-0.15, -0.1) is 0 Å². The number of aliphatic hydroxyl groups is 1. The Hall–Kier alpha value is -1.40. The Morgan fingerprint density at radius 1 is 1.48 bits per heavy atom. The van der Waals surface area contributed by atoms with Gasteiger partial charge in [0.2, 0.25) is 0 Å². The van der Waals surface area contributed by atoms with E-state index in [2.05, 4.69) is 10.4 Å². The van der Waals surface area contributed by atoms with Gasteiger partial charge >= 0.3 is 0 Å². The molecular weight excluding hydrogens is 268 g/mol. The first kappa shape index (κ1) is 16.0. The summed E-state index contributed by atoms with van der Waals surface area (Å²) in [5.41, 5.74) is 6.94. The van der Waals surface area contributed by atoms with Gasteiger partial charge in [-0.2, -0.15) is 5.10 Å². The molecule has 2 rings (SSSR count). The van der Waals surface area contributed by atoms with Gasteiger partial charge in [0.15, 0.2) is 0 Å². The van der Waals surface area contributed by atoms with Crippen LogP contribution in [0.5, 0.6) is 0 Å². The Labute approximate surface area is 125 Å². The first-order valence-electron chi connectivity index (χ1n) is 7.85. The van der Waals surface area contributed by atoms with Crippen molar-refractivity contribution in [3.8, 4) is 0 Å². The molecule has 2 unspecified atom stereocenters. The van der Waals surface area contributed by atoms with Crippen LogP contribution in [0.25, 0.3) is 0 Å². The third kappa shape index (κ3) is 4.04. The van der Waals surface area contributed by atoms with Crippen molar-refractivity contribution in [2.75, 3.05) is 6.54 Å². The van der Waals surface area contributed by atoms with Crippen LogP contribution in [0.1, 0.15) is 54.6 Å². The fourth-order valence-electron chi connectivity index (χ4n) is 2.84. The fourth-order valence-corrected chi connectivity index (χ4v) is 2.84. The van der Waals surface area contributed by atoms with Gasteiger partial charge in [-0.3, -0.25) is 9.48 Å². The standard InChI is InChI=1S/C15H26N4O2/c1-11-12(10-17-19(11)9-5-8-16)15(21)18-13-6-3-2-4-7-14(13)20/h10,13-14,20H,2-9,16H2,1H3,(H,18,21). The molecule has 2 atom stereocenters. The van der Waals surface area contributed by atoms with Gasteiger partial charge in [0.05, 0.1) is 23.9 Å². The molecule has 4 N–H and O–H groups in total. The summed E-state index contributed by atoms with van der Waals surface area (Å²) in [5.74, 6) is -0.141. The molecule has 1 aromatic heterocycles. The fraction of sp³-hybridized carbons (Fsp3) is 0.733. The lowest BCUT2D eigenvalue weighted by molar-refractivity contribution is 0.0818. The number of carbonyl (C=O) groups excluding carboxylic acids is 1. The van der Waals surface area contributed by atoms with Crippen LogP contribution in [0.4, 0.5) is 0 Å². The van der Waals surface area contributed by atoms with Crippen LogP contribution in [-0.2, 0) is 6.54 Å². The van der Waals surface area contributed by atoms with Gasteiger partial charge in [-0.05, 0) is 32.7 Å². The van der Waals surface area contributed by atoms with Crippen molar-refractivity contribution in [3.05, 3.63) is 17.5 Å². The summed E-state index contributed by atoms with van der Waals surface area (Å²) in [6.07, 6.45) is 6.81. The number of aliphatic hydroxyl groups excluding tert-OH is 1. The van der Waals surface area contributed by atoms with E-state index in [1.807, 2.05) is 11.6 Å². The summed E-state index contributed by atoms with van der Waals surface area (Å²) in [5, 5.41) is 17.3. The summed E-state index contributed by atoms with van der Waals surface area (Å²) < 4.78 is 1.81. The van der Waals surface area contributed by atoms with Gasteiger partial charge in [-0.25, -0.2) is 0 Å². The molecule has 0 aromatic carbocycles. The summed E-state index contributed by atoms with van der Waals surface area (Å²) in [7, 11) is 0. The average molecular weight is 294 g/mol. The Bertz CT molecular complexity index is 472.